The van der Waals surface area contributed by atoms with E-state index in [1.54, 1.807) is 11.3 Å². The van der Waals surface area contributed by atoms with E-state index in [0.717, 1.165) is 33.0 Å². The number of thiazole rings is 1. The normalized spacial score (nSPS) is 11.0. The first kappa shape index (κ1) is 19.0. The number of aromatic nitrogens is 1. The summed E-state index contributed by atoms with van der Waals surface area (Å²) in [6.45, 7) is 3.94. The largest absolute Gasteiger partial charge is 0.289 e. The summed E-state index contributed by atoms with van der Waals surface area (Å²) in [6, 6.07) is 15.6. The van der Waals surface area contributed by atoms with Crippen LogP contribution in [0, 0.1) is 24.0 Å². The predicted molar refractivity (Wildman–Crippen MR) is 114 cm³/mol. The van der Waals surface area contributed by atoms with Gasteiger partial charge in [0.15, 0.2) is 5.78 Å². The molecule has 0 spiro atoms. The molecule has 144 valence electrons. The number of hydrogen-bond donors (Lipinski definition) is 0. The molecule has 2 aromatic rings. The Morgan fingerprint density at radius 3 is 2.34 bits per heavy atom. The molecule has 5 nitrogen and oxygen atoms in total. The lowest BCUT2D eigenvalue weighted by molar-refractivity contribution is -0.384. The minimum atomic E-state index is -0.467. The smallest absolute Gasteiger partial charge is 0.269 e. The molecule has 0 aliphatic heterocycles. The number of fused-ring (bicyclic) bond motifs is 1. The molecule has 1 aromatic heterocycles. The predicted octanol–water partition coefficient (Wildman–Crippen LogP) is 5.59. The monoisotopic (exact) mass is 402 g/mol. The molecule has 0 N–H and O–H groups in total. The zero-order valence-corrected chi connectivity index (χ0v) is 16.8. The Morgan fingerprint density at radius 1 is 1.03 bits per heavy atom. The maximum absolute atomic E-state index is 13.4. The number of carbonyl (C=O) groups excluding carboxylic acids is 1. The van der Waals surface area contributed by atoms with Crippen molar-refractivity contribution < 1.29 is 9.72 Å². The molecule has 0 fully saturated rings. The second kappa shape index (κ2) is 7.56. The Labute approximate surface area is 172 Å². The van der Waals surface area contributed by atoms with Gasteiger partial charge in [0.05, 0.1) is 9.93 Å². The van der Waals surface area contributed by atoms with Crippen molar-refractivity contribution in [1.82, 2.24) is 4.98 Å². The molecule has 2 aliphatic rings. The van der Waals surface area contributed by atoms with Crippen LogP contribution in [0.25, 0.3) is 11.1 Å². The minimum Gasteiger partial charge on any atom is -0.289 e. The number of rotatable bonds is 5. The lowest BCUT2D eigenvalue weighted by Gasteiger charge is -2.04. The van der Waals surface area contributed by atoms with Crippen LogP contribution >= 0.6 is 11.3 Å². The second-order valence-electron chi connectivity index (χ2n) is 6.91. The maximum Gasteiger partial charge on any atom is 0.269 e. The van der Waals surface area contributed by atoms with Gasteiger partial charge in [0.25, 0.3) is 5.69 Å². The van der Waals surface area contributed by atoms with Crippen LogP contribution in [0.15, 0.2) is 60.0 Å². The van der Waals surface area contributed by atoms with Gasteiger partial charge in [-0.15, -0.1) is 11.3 Å². The average Bonchev–Trinajstić information content (AvgIpc) is 3.12. The van der Waals surface area contributed by atoms with Crippen molar-refractivity contribution in [2.24, 2.45) is 0 Å². The number of hydrogen-bond acceptors (Lipinski definition) is 5. The van der Waals surface area contributed by atoms with E-state index in [4.69, 9.17) is 0 Å². The van der Waals surface area contributed by atoms with Crippen molar-refractivity contribution in [2.75, 3.05) is 0 Å². The summed E-state index contributed by atoms with van der Waals surface area (Å²) < 4.78 is 0. The maximum atomic E-state index is 13.4. The van der Waals surface area contributed by atoms with Gasteiger partial charge in [0.1, 0.15) is 0 Å². The highest BCUT2D eigenvalue weighted by Crippen LogP contribution is 2.39. The summed E-state index contributed by atoms with van der Waals surface area (Å²) >= 11 is 1.62. The Balaban J connectivity index is 1.83. The van der Waals surface area contributed by atoms with Gasteiger partial charge in [-0.05, 0) is 48.2 Å². The number of non-ortho nitro benzene ring substituents is 1. The quantitative estimate of drug-likeness (QED) is 0.248. The van der Waals surface area contributed by atoms with Crippen LogP contribution in [0.3, 0.4) is 0 Å². The van der Waals surface area contributed by atoms with E-state index >= 15 is 0 Å². The summed E-state index contributed by atoms with van der Waals surface area (Å²) in [5.41, 5.74) is 5.99. The fourth-order valence-electron chi connectivity index (χ4n) is 3.62. The summed E-state index contributed by atoms with van der Waals surface area (Å²) in [6.07, 6.45) is 0.665. The number of benzene rings is 1. The van der Waals surface area contributed by atoms with Crippen LogP contribution in [0.2, 0.25) is 0 Å². The number of nitro benzene ring substituents is 1. The molecule has 6 heteroatoms. The van der Waals surface area contributed by atoms with Crippen molar-refractivity contribution in [3.8, 4) is 11.1 Å². The van der Waals surface area contributed by atoms with Gasteiger partial charge in [0.2, 0.25) is 0 Å². The molecule has 0 saturated heterocycles. The topological polar surface area (TPSA) is 73.1 Å². The molecule has 0 saturated carbocycles. The lowest BCUT2D eigenvalue weighted by atomic mass is 9.98. The third kappa shape index (κ3) is 3.54. The van der Waals surface area contributed by atoms with Gasteiger partial charge in [0, 0.05) is 40.8 Å². The van der Waals surface area contributed by atoms with Crippen LogP contribution in [0.5, 0.6) is 0 Å². The van der Waals surface area contributed by atoms with E-state index in [9.17, 15) is 14.9 Å². The van der Waals surface area contributed by atoms with Crippen molar-refractivity contribution in [3.63, 3.8) is 0 Å². The highest BCUT2D eigenvalue weighted by Gasteiger charge is 2.26. The molecule has 29 heavy (non-hydrogen) atoms. The van der Waals surface area contributed by atoms with E-state index in [2.05, 4.69) is 4.98 Å². The highest BCUT2D eigenvalue weighted by molar-refractivity contribution is 7.09. The molecule has 1 aromatic carbocycles. The van der Waals surface area contributed by atoms with Crippen molar-refractivity contribution >= 4 is 22.8 Å². The Hall–Kier alpha value is -3.38. The Morgan fingerprint density at radius 2 is 1.72 bits per heavy atom. The molecule has 0 unspecified atom stereocenters. The molecule has 2 aliphatic carbocycles. The van der Waals surface area contributed by atoms with Crippen molar-refractivity contribution in [2.45, 2.75) is 20.3 Å². The van der Waals surface area contributed by atoms with Gasteiger partial charge in [-0.25, -0.2) is 4.98 Å². The highest BCUT2D eigenvalue weighted by atomic mass is 32.1. The first-order valence-corrected chi connectivity index (χ1v) is 10.0. The van der Waals surface area contributed by atoms with Gasteiger partial charge in [-0.1, -0.05) is 30.3 Å². The molecule has 0 bridgehead atoms. The molecule has 1 heterocycles. The van der Waals surface area contributed by atoms with Gasteiger partial charge >= 0.3 is 0 Å². The average molecular weight is 402 g/mol. The Bertz CT molecular complexity index is 1200. The van der Waals surface area contributed by atoms with Gasteiger partial charge in [-0.3, -0.25) is 14.9 Å². The minimum absolute atomic E-state index is 0.0307. The lowest BCUT2D eigenvalue weighted by Crippen LogP contribution is -2.03. The third-order valence-corrected chi connectivity index (χ3v) is 5.99. The molecule has 4 rings (SSSR count). The van der Waals surface area contributed by atoms with E-state index in [1.807, 2.05) is 49.6 Å². The first-order chi connectivity index (χ1) is 14.0. The SMILES string of the molecule is Cc1csc(Cc2c3cccccc-3c(C(=O)c3ccc([N+](=O)[O-])cc3)c2C)n1. The molecular weight excluding hydrogens is 384 g/mol. The van der Waals surface area contributed by atoms with Gasteiger partial charge in [-0.2, -0.15) is 0 Å². The molecular formula is C23H18N2O3S. The van der Waals surface area contributed by atoms with Crippen LogP contribution in [-0.2, 0) is 6.42 Å². The number of aryl methyl sites for hydroxylation is 1. The second-order valence-corrected chi connectivity index (χ2v) is 7.85. The number of carbonyl (C=O) groups is 1. The fourth-order valence-corrected chi connectivity index (χ4v) is 4.40. The molecule has 0 atom stereocenters. The van der Waals surface area contributed by atoms with Crippen LogP contribution in [0.4, 0.5) is 5.69 Å². The standard InChI is InChI=1S/C23H18N2O3S/c1-14-13-29-21(24-14)12-20-15(2)22(19-7-5-3-4-6-18(19)20)23(26)16-8-10-17(11-9-16)25(27)28/h3-11,13H,12H2,1-2H3. The fraction of sp³-hybridized carbons (Fsp3) is 0.130. The zero-order chi connectivity index (χ0) is 20.5. The van der Waals surface area contributed by atoms with Crippen LogP contribution in [0.1, 0.15) is 37.7 Å². The Kier molecular flexibility index (Phi) is 4.94. The zero-order valence-electron chi connectivity index (χ0n) is 16.0. The number of nitro groups is 1. The van der Waals surface area contributed by atoms with Crippen LogP contribution in [-0.4, -0.2) is 15.7 Å². The summed E-state index contributed by atoms with van der Waals surface area (Å²) in [5.74, 6) is -0.129. The third-order valence-electron chi connectivity index (χ3n) is 5.02. The van der Waals surface area contributed by atoms with E-state index in [-0.39, 0.29) is 11.5 Å². The summed E-state index contributed by atoms with van der Waals surface area (Å²) in [7, 11) is 0. The van der Waals surface area contributed by atoms with E-state index in [1.165, 1.54) is 24.3 Å². The molecule has 0 radical (unpaired) electrons. The van der Waals surface area contributed by atoms with Crippen molar-refractivity contribution in [1.29, 1.82) is 0 Å². The summed E-state index contributed by atoms with van der Waals surface area (Å²) in [4.78, 5) is 28.4. The van der Waals surface area contributed by atoms with Gasteiger partial charge < -0.3 is 0 Å². The van der Waals surface area contributed by atoms with Crippen molar-refractivity contribution in [3.05, 3.63) is 103 Å². The summed E-state index contributed by atoms with van der Waals surface area (Å²) in [5, 5.41) is 13.9. The number of nitrogens with zero attached hydrogens (tertiary/aromatic N) is 2. The molecule has 0 amide bonds. The van der Waals surface area contributed by atoms with E-state index < -0.39 is 4.92 Å². The first-order valence-electron chi connectivity index (χ1n) is 9.16. The van der Waals surface area contributed by atoms with E-state index in [0.29, 0.717) is 17.5 Å². The van der Waals surface area contributed by atoms with Crippen LogP contribution < -0.4 is 0 Å². The number of ketones is 1.